The second-order valence-electron chi connectivity index (χ2n) is 9.08. The van der Waals surface area contributed by atoms with E-state index in [0.717, 1.165) is 10.5 Å². The molecule has 1 N–H and O–H groups in total. The monoisotopic (exact) mass is 541 g/mol. The predicted octanol–water partition coefficient (Wildman–Crippen LogP) is 1.51. The summed E-state index contributed by atoms with van der Waals surface area (Å²) in [5.74, 6) is -3.17. The zero-order valence-corrected chi connectivity index (χ0v) is 21.0. The largest absolute Gasteiger partial charge is 0.456 e. The lowest BCUT2D eigenvalue weighted by atomic mass is 9.87. The van der Waals surface area contributed by atoms with E-state index in [1.54, 1.807) is 24.3 Å². The Morgan fingerprint density at radius 3 is 2.53 bits per heavy atom. The number of fused-ring (bicyclic) bond motifs is 3. The molecule has 3 heterocycles. The fourth-order valence-electron chi connectivity index (χ4n) is 4.95. The van der Waals surface area contributed by atoms with Gasteiger partial charge in [0.2, 0.25) is 5.91 Å². The topological polar surface area (TPSA) is 154 Å². The number of hydrogen-bond acceptors (Lipinski definition) is 10. The zero-order chi connectivity index (χ0) is 27.1. The molecule has 3 aliphatic heterocycles. The van der Waals surface area contributed by atoms with E-state index >= 15 is 0 Å². The number of ether oxygens (including phenoxy) is 3. The van der Waals surface area contributed by atoms with Gasteiger partial charge in [0, 0.05) is 30.9 Å². The molecule has 0 spiro atoms. The van der Waals surface area contributed by atoms with Gasteiger partial charge in [0.25, 0.3) is 23.0 Å². The lowest BCUT2D eigenvalue weighted by molar-refractivity contribution is -0.384. The minimum absolute atomic E-state index is 0.0106. The molecule has 38 heavy (non-hydrogen) atoms. The van der Waals surface area contributed by atoms with Crippen LogP contribution in [0.15, 0.2) is 54.6 Å². The molecule has 3 fully saturated rings. The van der Waals surface area contributed by atoms with Crippen molar-refractivity contribution in [3.05, 3.63) is 75.8 Å². The molecule has 0 aromatic heterocycles. The maximum absolute atomic E-state index is 13.6. The zero-order valence-electron chi connectivity index (χ0n) is 20.2. The van der Waals surface area contributed by atoms with E-state index in [-0.39, 0.29) is 30.9 Å². The third kappa shape index (κ3) is 4.07. The fourth-order valence-corrected chi connectivity index (χ4v) is 6.60. The van der Waals surface area contributed by atoms with Gasteiger partial charge in [-0.05, 0) is 23.3 Å². The molecule has 13 heteroatoms. The van der Waals surface area contributed by atoms with Crippen LogP contribution in [-0.2, 0) is 46.4 Å². The van der Waals surface area contributed by atoms with E-state index < -0.39 is 51.4 Å². The van der Waals surface area contributed by atoms with Gasteiger partial charge in [-0.1, -0.05) is 30.3 Å². The third-order valence-corrected chi connectivity index (χ3v) is 8.29. The molecule has 2 aromatic rings. The molecule has 2 amide bonds. The number of esters is 2. The summed E-state index contributed by atoms with van der Waals surface area (Å²) in [4.78, 5) is 63.7. The Morgan fingerprint density at radius 2 is 1.87 bits per heavy atom. The number of amides is 2. The number of β-lactam (4-membered cyclic amide) rings is 1. The molecule has 0 bridgehead atoms. The van der Waals surface area contributed by atoms with Crippen molar-refractivity contribution in [3.8, 4) is 0 Å². The second kappa shape index (κ2) is 9.72. The van der Waals surface area contributed by atoms with Crippen LogP contribution < -0.4 is 5.32 Å². The molecule has 12 nitrogen and oxygen atoms in total. The highest BCUT2D eigenvalue weighted by Gasteiger charge is 2.77. The van der Waals surface area contributed by atoms with Gasteiger partial charge < -0.3 is 19.5 Å². The van der Waals surface area contributed by atoms with Crippen LogP contribution in [0.25, 0.3) is 0 Å². The number of methoxy groups -OCH3 is 1. The Hall–Kier alpha value is -3.97. The summed E-state index contributed by atoms with van der Waals surface area (Å²) in [6, 6.07) is 14.4. The highest BCUT2D eigenvalue weighted by atomic mass is 32.2. The molecule has 3 aliphatic rings. The van der Waals surface area contributed by atoms with Gasteiger partial charge in [-0.2, -0.15) is 0 Å². The van der Waals surface area contributed by atoms with Crippen LogP contribution in [0.5, 0.6) is 0 Å². The lowest BCUT2D eigenvalue weighted by Gasteiger charge is -2.61. The minimum Gasteiger partial charge on any atom is -0.456 e. The number of carbonyl (C=O) groups excluding carboxylic acids is 4. The Morgan fingerprint density at radius 1 is 1.16 bits per heavy atom. The SMILES string of the molecule is CO[C@@]1(NC(=O)Cc2ccccc2)C(=O)N2[C@@H]1SCC1CC(=O)OC12C(=O)OCc1ccc([N+](=O)[O-])cc1. The normalized spacial score (nSPS) is 27.4. The van der Waals surface area contributed by atoms with Crippen LogP contribution in [0, 0.1) is 16.0 Å². The summed E-state index contributed by atoms with van der Waals surface area (Å²) in [5.41, 5.74) is -2.66. The lowest BCUT2D eigenvalue weighted by Crippen LogP contribution is -2.87. The molecular weight excluding hydrogens is 518 g/mol. The van der Waals surface area contributed by atoms with Gasteiger partial charge in [0.1, 0.15) is 12.0 Å². The van der Waals surface area contributed by atoms with Crippen LogP contribution in [0.3, 0.4) is 0 Å². The fraction of sp³-hybridized carbons (Fsp3) is 0.360. The Balaban J connectivity index is 1.36. The molecule has 198 valence electrons. The highest BCUT2D eigenvalue weighted by Crippen LogP contribution is 2.55. The van der Waals surface area contributed by atoms with Gasteiger partial charge in [-0.15, -0.1) is 11.8 Å². The summed E-state index contributed by atoms with van der Waals surface area (Å²) in [7, 11) is 1.28. The number of hydrogen-bond donors (Lipinski definition) is 1. The Labute approximate surface area is 220 Å². The minimum atomic E-state index is -2.00. The quantitative estimate of drug-likeness (QED) is 0.171. The van der Waals surface area contributed by atoms with Crippen LogP contribution >= 0.6 is 11.8 Å². The molecule has 0 saturated carbocycles. The van der Waals surface area contributed by atoms with Gasteiger partial charge in [0.15, 0.2) is 0 Å². The number of thioether (sulfide) groups is 1. The van der Waals surface area contributed by atoms with Crippen LogP contribution in [0.1, 0.15) is 17.5 Å². The van der Waals surface area contributed by atoms with Gasteiger partial charge in [-0.3, -0.25) is 29.4 Å². The number of benzene rings is 2. The van der Waals surface area contributed by atoms with E-state index in [1.807, 2.05) is 6.07 Å². The maximum atomic E-state index is 13.6. The highest BCUT2D eigenvalue weighted by molar-refractivity contribution is 8.00. The summed E-state index contributed by atoms with van der Waals surface area (Å²) in [6.45, 7) is -0.258. The molecule has 3 saturated heterocycles. The number of nitro benzene ring substituents is 1. The van der Waals surface area contributed by atoms with Crippen molar-refractivity contribution < 1.29 is 38.3 Å². The first-order valence-corrected chi connectivity index (χ1v) is 12.7. The number of nitrogens with zero attached hydrogens (tertiary/aromatic N) is 2. The number of non-ortho nitro benzene ring substituents is 1. The van der Waals surface area contributed by atoms with Crippen molar-refractivity contribution in [3.63, 3.8) is 0 Å². The average Bonchev–Trinajstić information content (AvgIpc) is 3.26. The molecule has 4 atom stereocenters. The van der Waals surface area contributed by atoms with E-state index in [1.165, 1.54) is 43.1 Å². The summed E-state index contributed by atoms with van der Waals surface area (Å²) in [6.07, 6.45) is -0.0763. The molecule has 2 aromatic carbocycles. The molecular formula is C25H23N3O9S. The number of nitrogens with one attached hydrogen (secondary N) is 1. The molecule has 5 rings (SSSR count). The Kier molecular flexibility index (Phi) is 6.57. The summed E-state index contributed by atoms with van der Waals surface area (Å²) >= 11 is 1.27. The van der Waals surface area contributed by atoms with Crippen molar-refractivity contribution in [1.82, 2.24) is 10.2 Å². The van der Waals surface area contributed by atoms with Crippen molar-refractivity contribution in [1.29, 1.82) is 0 Å². The Bertz CT molecular complexity index is 1300. The van der Waals surface area contributed by atoms with E-state index in [9.17, 15) is 29.3 Å². The van der Waals surface area contributed by atoms with E-state index in [2.05, 4.69) is 5.32 Å². The molecule has 2 unspecified atom stereocenters. The maximum Gasteiger partial charge on any atom is 0.373 e. The van der Waals surface area contributed by atoms with E-state index in [0.29, 0.717) is 5.56 Å². The van der Waals surface area contributed by atoms with Gasteiger partial charge in [-0.25, -0.2) is 4.79 Å². The molecule has 0 radical (unpaired) electrons. The van der Waals surface area contributed by atoms with Crippen LogP contribution in [0.2, 0.25) is 0 Å². The second-order valence-corrected chi connectivity index (χ2v) is 10.2. The standard InChI is InChI=1S/C25H23N3O9S/c1-35-24(26-19(29)11-15-5-3-2-4-6-15)21(31)27-22(24)38-14-17-12-20(30)37-25(17,27)23(32)36-13-16-7-9-18(10-8-16)28(33)34/h2-10,17,22H,11-14H2,1H3,(H,26,29)/t17?,22-,24+,25?/m1/s1. The van der Waals surface area contributed by atoms with Crippen molar-refractivity contribution in [2.45, 2.75) is 36.3 Å². The smallest absolute Gasteiger partial charge is 0.373 e. The summed E-state index contributed by atoms with van der Waals surface area (Å²) < 4.78 is 16.5. The predicted molar refractivity (Wildman–Crippen MR) is 131 cm³/mol. The first kappa shape index (κ1) is 25.7. The van der Waals surface area contributed by atoms with Crippen LogP contribution in [0.4, 0.5) is 5.69 Å². The van der Waals surface area contributed by atoms with Gasteiger partial charge in [0.05, 0.1) is 17.8 Å². The summed E-state index contributed by atoms with van der Waals surface area (Å²) in [5, 5.41) is 12.7. The van der Waals surface area contributed by atoms with Gasteiger partial charge >= 0.3 is 11.9 Å². The number of nitro groups is 1. The average molecular weight is 542 g/mol. The first-order chi connectivity index (χ1) is 18.2. The van der Waals surface area contributed by atoms with Crippen molar-refractivity contribution in [2.24, 2.45) is 5.92 Å². The number of carbonyl (C=O) groups is 4. The van der Waals surface area contributed by atoms with E-state index in [4.69, 9.17) is 14.2 Å². The van der Waals surface area contributed by atoms with Crippen LogP contribution in [-0.4, -0.2) is 63.3 Å². The van der Waals surface area contributed by atoms with Crippen molar-refractivity contribution >= 4 is 41.2 Å². The molecule has 0 aliphatic carbocycles. The first-order valence-electron chi connectivity index (χ1n) is 11.7. The third-order valence-electron chi connectivity index (χ3n) is 6.83. The number of rotatable bonds is 8. The van der Waals surface area contributed by atoms with Crippen molar-refractivity contribution in [2.75, 3.05) is 12.9 Å².